The molecule has 0 aromatic heterocycles. The molecule has 8 N–H and O–H groups in total. The van der Waals surface area contributed by atoms with Crippen LogP contribution in [0.1, 0.15) is 333 Å². The van der Waals surface area contributed by atoms with Gasteiger partial charge in [0.05, 0.1) is 56.8 Å². The van der Waals surface area contributed by atoms with Crippen LogP contribution in [0.3, 0.4) is 0 Å². The fraction of sp³-hybridized carbons (Fsp3) is 0.869. The number of carbonyl (C=O) groups excluding carboxylic acids is 8. The Morgan fingerprint density at radius 1 is 0.308 bits per heavy atom. The van der Waals surface area contributed by atoms with E-state index in [4.69, 9.17) is 41.4 Å². The van der Waals surface area contributed by atoms with Crippen molar-refractivity contribution in [1.29, 1.82) is 0 Å². The SMILES string of the molecule is C.C.C.C.C.CC(=O)CC1CCC(C(=O)CC2CCC(C(=O)O)C2)C1.CCC1CCC(C(=O)CC2CCC(C(=O)OC)C2)C1.CCC1CCC(C(=O)O)C1.CCC1CCC(C(=O)O)C1.CCC1CCC(C(C)=O)C1.CO.COC(=O)C1CCC(CC(=O)C2CCC(N)C2)C1.COC(=O)C1CCC(N)C1.[2HH].[2HH].[2HH].[2HH].[2HH].[2HH].[H+]. The van der Waals surface area contributed by atoms with Gasteiger partial charge in [-0.15, -0.1) is 0 Å². The molecule has 20 atom stereocenters. The number of carboxylic acids is 3. The van der Waals surface area contributed by atoms with E-state index < -0.39 is 17.9 Å². The van der Waals surface area contributed by atoms with Gasteiger partial charge >= 0.3 is 37.2 Å². The molecule has 104 heavy (non-hydrogen) atoms. The van der Waals surface area contributed by atoms with E-state index in [2.05, 4.69) is 32.4 Å². The molecule has 0 heterocycles. The molecule has 0 saturated heterocycles. The van der Waals surface area contributed by atoms with Crippen molar-refractivity contribution in [2.75, 3.05) is 28.4 Å². The van der Waals surface area contributed by atoms with E-state index in [1.54, 1.807) is 13.8 Å². The third kappa shape index (κ3) is 37.2. The molecule has 0 bridgehead atoms. The summed E-state index contributed by atoms with van der Waals surface area (Å²) < 4.78 is 14.1. The molecule has 10 aliphatic carbocycles. The summed E-state index contributed by atoms with van der Waals surface area (Å²) in [6.45, 7) is 12.0. The van der Waals surface area contributed by atoms with Gasteiger partial charge in [-0.3, -0.25) is 47.9 Å². The van der Waals surface area contributed by atoms with Gasteiger partial charge in [0.1, 0.15) is 28.9 Å². The number of ketones is 5. The van der Waals surface area contributed by atoms with Crippen molar-refractivity contribution in [3.8, 4) is 0 Å². The zero-order chi connectivity index (χ0) is 73.9. The lowest BCUT2D eigenvalue weighted by molar-refractivity contribution is -0.146. The molecular weight excluding hydrogens is 1320 g/mol. The second-order valence-corrected chi connectivity index (χ2v) is 31.3. The minimum atomic E-state index is -0.720. The number of aliphatic hydroxyl groups excluding tert-OH is 1. The summed E-state index contributed by atoms with van der Waals surface area (Å²) in [6, 6.07) is 0.425. The third-order valence-corrected chi connectivity index (χ3v) is 24.2. The molecule has 10 fully saturated rings. The minimum absolute atomic E-state index is 0. The van der Waals surface area contributed by atoms with Crippen molar-refractivity contribution in [2.45, 2.75) is 335 Å². The fourth-order valence-corrected chi connectivity index (χ4v) is 17.7. The number of methoxy groups -OCH3 is 3. The van der Waals surface area contributed by atoms with Crippen molar-refractivity contribution < 1.29 is 97.4 Å². The zero-order valence-corrected chi connectivity index (χ0v) is 62.6. The molecule has 20 unspecified atom stereocenters. The molecule has 0 spiro atoms. The van der Waals surface area contributed by atoms with Crippen LogP contribution in [0.2, 0.25) is 0 Å². The van der Waals surface area contributed by atoms with E-state index in [1.165, 1.54) is 47.0 Å². The number of esters is 3. The number of aliphatic hydroxyl groups is 1. The molecule has 0 aliphatic heterocycles. The highest BCUT2D eigenvalue weighted by molar-refractivity contribution is 5.84. The monoisotopic (exact) mass is 1500 g/mol. The Morgan fingerprint density at radius 2 is 0.510 bits per heavy atom. The highest BCUT2D eigenvalue weighted by atomic mass is 16.5. The topological polar surface area (TPSA) is 348 Å². The molecule has 10 aliphatic rings. The quantitative estimate of drug-likeness (QED) is 0.0433. The zero-order valence-electron chi connectivity index (χ0n) is 63.6. The average molecular weight is 1500 g/mol. The van der Waals surface area contributed by atoms with Crippen LogP contribution < -0.4 is 11.5 Å². The first-order chi connectivity index (χ1) is 47.1. The smallest absolute Gasteiger partial charge is 0.481 e. The first-order valence-electron chi connectivity index (χ1n) is 38.6. The molecule has 10 rings (SSSR count). The molecule has 0 aromatic carbocycles. The number of carbonyl (C=O) groups is 11. The number of ether oxygens (including phenoxy) is 3. The predicted molar refractivity (Wildman–Crippen MR) is 428 cm³/mol. The molecule has 20 nitrogen and oxygen atoms in total. The number of hydrogen-bond donors (Lipinski definition) is 6. The van der Waals surface area contributed by atoms with Gasteiger partial charge in [0.2, 0.25) is 0 Å². The Morgan fingerprint density at radius 3 is 0.750 bits per heavy atom. The number of nitrogens with two attached hydrogens (primary N) is 2. The molecule has 0 amide bonds. The Kier molecular flexibility index (Phi) is 55.0. The summed E-state index contributed by atoms with van der Waals surface area (Å²) in [6.07, 6.45) is 35.9. The van der Waals surface area contributed by atoms with E-state index in [9.17, 15) is 52.7 Å². The van der Waals surface area contributed by atoms with Gasteiger partial charge in [-0.2, -0.15) is 0 Å². The summed E-state index contributed by atoms with van der Waals surface area (Å²) >= 11 is 0. The maximum atomic E-state index is 12.3. The fourth-order valence-electron chi connectivity index (χ4n) is 17.7. The Hall–Kier alpha value is -4.95. The number of Topliss-reactive ketones (excluding diaryl/α,β-unsaturated/α-hetero) is 5. The minimum Gasteiger partial charge on any atom is -0.481 e. The van der Waals surface area contributed by atoms with Crippen molar-refractivity contribution in [2.24, 2.45) is 118 Å². The molecule has 10 saturated carbocycles. The van der Waals surface area contributed by atoms with Gasteiger partial charge in [0.25, 0.3) is 0 Å². The van der Waals surface area contributed by atoms with Crippen LogP contribution >= 0.6 is 0 Å². The Balaban J connectivity index is -0.000000134. The maximum Gasteiger partial charge on any atom is 1.00 e. The highest BCUT2D eigenvalue weighted by Crippen LogP contribution is 2.42. The normalized spacial score (nSPS) is 31.4. The number of hydrogen-bond acceptors (Lipinski definition) is 17. The van der Waals surface area contributed by atoms with Gasteiger partial charge in [-0.1, -0.05) is 90.5 Å². The third-order valence-electron chi connectivity index (χ3n) is 24.2. The summed E-state index contributed by atoms with van der Waals surface area (Å²) in [5.74, 6) is 4.69. The number of aliphatic carboxylic acids is 3. The van der Waals surface area contributed by atoms with Crippen molar-refractivity contribution >= 4 is 64.7 Å². The molecule has 0 aromatic rings. The Labute approximate surface area is 640 Å². The average Bonchev–Trinajstić information content (AvgIpc) is 1.73. The summed E-state index contributed by atoms with van der Waals surface area (Å²) in [5, 5.41) is 33.2. The van der Waals surface area contributed by atoms with Crippen molar-refractivity contribution in [1.82, 2.24) is 0 Å². The maximum absolute atomic E-state index is 12.3. The van der Waals surface area contributed by atoms with Gasteiger partial charge in [-0.05, 0) is 254 Å². The van der Waals surface area contributed by atoms with Gasteiger partial charge in [-0.25, -0.2) is 0 Å². The van der Waals surface area contributed by atoms with E-state index in [1.807, 2.05) is 0 Å². The van der Waals surface area contributed by atoms with E-state index >= 15 is 0 Å². The summed E-state index contributed by atoms with van der Waals surface area (Å²) in [5.41, 5.74) is 11.4. The van der Waals surface area contributed by atoms with E-state index in [-0.39, 0.29) is 136 Å². The molecular formula is C84H167N2O18+. The lowest BCUT2D eigenvalue weighted by Gasteiger charge is -2.13. The molecule has 0 radical (unpaired) electrons. The van der Waals surface area contributed by atoms with Crippen LogP contribution in [0.15, 0.2) is 0 Å². The summed E-state index contributed by atoms with van der Waals surface area (Å²) in [7, 11) is 5.30. The summed E-state index contributed by atoms with van der Waals surface area (Å²) in [4.78, 5) is 124. The Bertz CT molecular complexity index is 2470. The van der Waals surface area contributed by atoms with Crippen LogP contribution in [-0.2, 0) is 67.0 Å². The molecule has 620 valence electrons. The highest BCUT2D eigenvalue weighted by Gasteiger charge is 2.39. The lowest BCUT2D eigenvalue weighted by atomic mass is 9.90. The predicted octanol–water partition coefficient (Wildman–Crippen LogP) is 18.7. The standard InChI is InChI=1S/C16H24O4.C16H26O3.C14H23NO3.C9H16O.2C8H14O2.C7H13NO2.CH4O.5CH4.6H2/c1-10(17)6-11-2-4-13(7-11)15(18)9-12-3-5-14(8-12)16(19)20;1-3-11-4-6-13(8-11)15(17)10-12-5-7-14(9-12)16(18)19-2;1-18-14(17)11-3-2-9(6-11)7-13(16)10-4-5-12(15)8-10;1-3-8-4-5-9(6-8)7(2)10;2*1-2-6-3-4-7(5-6)8(9)10;1-10-7(9)5-2-3-6(8)4-5;1-2;;;;;;;;;;;/h11-14H,2-9H2,1H3,(H,19,20);11-14H,3-10H2,1-2H3;9-12H,2-8,15H2,1H3;8-9H,3-6H2,1-2H3;2*6-7H,2-5H2,1H3,(H,9,10);5-6H,2-4,8H2,1H3;2H,1H3;5*1H4;6*1H/p+1/i;;;;;;;;;;;;;6*1+1. The van der Waals surface area contributed by atoms with Crippen LogP contribution in [0.5, 0.6) is 0 Å². The number of carboxylic acid groups (broad SMARTS) is 3. The van der Waals surface area contributed by atoms with Crippen LogP contribution in [0.4, 0.5) is 0 Å². The second kappa shape index (κ2) is 55.5. The van der Waals surface area contributed by atoms with Crippen LogP contribution in [-0.4, -0.2) is 126 Å². The first-order valence-corrected chi connectivity index (χ1v) is 38.6. The van der Waals surface area contributed by atoms with Crippen molar-refractivity contribution in [3.05, 3.63) is 0 Å². The van der Waals surface area contributed by atoms with E-state index in [0.29, 0.717) is 103 Å². The van der Waals surface area contributed by atoms with Crippen molar-refractivity contribution in [3.63, 3.8) is 0 Å². The number of rotatable bonds is 22. The molecule has 20 heteroatoms. The second-order valence-electron chi connectivity index (χ2n) is 31.3. The van der Waals surface area contributed by atoms with Gasteiger partial charge < -0.3 is 50.9 Å². The van der Waals surface area contributed by atoms with Crippen LogP contribution in [0.25, 0.3) is 0 Å². The lowest BCUT2D eigenvalue weighted by Crippen LogP contribution is -2.19. The largest absolute Gasteiger partial charge is 1.00 e. The van der Waals surface area contributed by atoms with Crippen LogP contribution in [0, 0.1) is 107 Å². The van der Waals surface area contributed by atoms with Gasteiger partial charge in [0, 0.05) is 77.1 Å². The van der Waals surface area contributed by atoms with E-state index in [0.717, 1.165) is 199 Å². The first kappa shape index (κ1) is 103. The van der Waals surface area contributed by atoms with Gasteiger partial charge in [0.15, 0.2) is 0 Å².